The molecule has 12 nitrogen and oxygen atoms in total. The van der Waals surface area contributed by atoms with E-state index in [2.05, 4.69) is 20.6 Å². The topological polar surface area (TPSA) is 136 Å². The molecule has 4 aromatic rings. The summed E-state index contributed by atoms with van der Waals surface area (Å²) in [4.78, 5) is 11.7. The van der Waals surface area contributed by atoms with E-state index in [1.54, 1.807) is 10.9 Å². The number of hydrogen-bond acceptors (Lipinski definition) is 11. The van der Waals surface area contributed by atoms with E-state index in [0.717, 1.165) is 17.7 Å². The smallest absolute Gasteiger partial charge is 0.302 e. The van der Waals surface area contributed by atoms with Crippen LogP contribution in [-0.2, 0) is 23.7 Å². The molecule has 0 bridgehead atoms. The lowest BCUT2D eigenvalue weighted by molar-refractivity contribution is -0.172. The molecule has 2 aromatic carbocycles. The first kappa shape index (κ1) is 33.1. The lowest BCUT2D eigenvalue weighted by atomic mass is 9.89. The van der Waals surface area contributed by atoms with Crippen LogP contribution in [0.4, 0.5) is 13.2 Å². The number of methoxy groups -OCH3 is 1. The summed E-state index contributed by atoms with van der Waals surface area (Å²) >= 11 is 1.30. The van der Waals surface area contributed by atoms with Gasteiger partial charge in [-0.3, -0.25) is 4.79 Å². The zero-order valence-electron chi connectivity index (χ0n) is 25.7. The van der Waals surface area contributed by atoms with Crippen LogP contribution in [0.15, 0.2) is 54.9 Å². The van der Waals surface area contributed by atoms with Gasteiger partial charge < -0.3 is 24.1 Å². The van der Waals surface area contributed by atoms with Crippen molar-refractivity contribution >= 4 is 17.7 Å². The van der Waals surface area contributed by atoms with E-state index in [-0.39, 0.29) is 37.0 Å². The molecule has 8 atom stereocenters. The van der Waals surface area contributed by atoms with Crippen molar-refractivity contribution in [3.63, 3.8) is 0 Å². The number of nitrogens with zero attached hydrogens (tertiary/aromatic N) is 6. The molecule has 4 heterocycles. The first-order chi connectivity index (χ1) is 22.6. The Bertz CT molecular complexity index is 1670. The number of halogens is 3. The fourth-order valence-electron chi connectivity index (χ4n) is 5.91. The lowest BCUT2D eigenvalue weighted by Crippen LogP contribution is -2.54. The van der Waals surface area contributed by atoms with Crippen LogP contribution in [0.25, 0.3) is 22.5 Å². The molecule has 2 saturated heterocycles. The van der Waals surface area contributed by atoms with Crippen LogP contribution in [0.2, 0.25) is 0 Å². The van der Waals surface area contributed by atoms with Crippen molar-refractivity contribution in [3.8, 4) is 22.5 Å². The van der Waals surface area contributed by atoms with E-state index >= 15 is 0 Å². The molecule has 16 heteroatoms. The van der Waals surface area contributed by atoms with Crippen LogP contribution in [0.5, 0.6) is 0 Å². The number of ether oxygens (including phenoxy) is 4. The van der Waals surface area contributed by atoms with Crippen molar-refractivity contribution in [2.45, 2.75) is 54.9 Å². The molecule has 0 amide bonds. The maximum Gasteiger partial charge on any atom is 0.302 e. The SMILES string of the molecule is COC1C(SC2COCC(n3cc(-c4ccccc4)nn3)C2O)OC(COC(C)=O)C(C)C1n1cc(-c2cc(F)c(F)c(F)c2)nn1. The monoisotopic (exact) mass is 674 g/mol. The molecule has 2 aliphatic rings. The minimum Gasteiger partial charge on any atom is -0.463 e. The Hall–Kier alpha value is -3.83. The van der Waals surface area contributed by atoms with Crippen molar-refractivity contribution < 1.29 is 42.0 Å². The van der Waals surface area contributed by atoms with Gasteiger partial charge in [-0.1, -0.05) is 47.7 Å². The Morgan fingerprint density at radius 2 is 1.68 bits per heavy atom. The van der Waals surface area contributed by atoms with Gasteiger partial charge in [-0.15, -0.1) is 22.0 Å². The summed E-state index contributed by atoms with van der Waals surface area (Å²) in [6, 6.07) is 10.1. The summed E-state index contributed by atoms with van der Waals surface area (Å²) < 4.78 is 68.3. The molecule has 250 valence electrons. The first-order valence-electron chi connectivity index (χ1n) is 14.9. The molecular weight excluding hydrogens is 641 g/mol. The largest absolute Gasteiger partial charge is 0.463 e. The van der Waals surface area contributed by atoms with E-state index in [1.807, 2.05) is 37.3 Å². The van der Waals surface area contributed by atoms with Gasteiger partial charge in [0.25, 0.3) is 0 Å². The third kappa shape index (κ3) is 6.92. The summed E-state index contributed by atoms with van der Waals surface area (Å²) in [5.74, 6) is -5.13. The van der Waals surface area contributed by atoms with Gasteiger partial charge in [0, 0.05) is 31.1 Å². The fourth-order valence-corrected chi connectivity index (χ4v) is 7.40. The third-order valence-electron chi connectivity index (χ3n) is 8.43. The normalized spacial score (nSPS) is 27.9. The highest BCUT2D eigenvalue weighted by Gasteiger charge is 2.49. The lowest BCUT2D eigenvalue weighted by Gasteiger charge is -2.46. The zero-order valence-corrected chi connectivity index (χ0v) is 26.5. The second-order valence-corrected chi connectivity index (χ2v) is 12.8. The van der Waals surface area contributed by atoms with Crippen LogP contribution in [-0.4, -0.2) is 97.0 Å². The number of carbonyl (C=O) groups excluding carboxylic acids is 1. The average molecular weight is 675 g/mol. The van der Waals surface area contributed by atoms with Crippen molar-refractivity contribution in [2.24, 2.45) is 5.92 Å². The molecule has 0 radical (unpaired) electrons. The quantitative estimate of drug-likeness (QED) is 0.205. The Morgan fingerprint density at radius 3 is 2.36 bits per heavy atom. The predicted molar refractivity (Wildman–Crippen MR) is 162 cm³/mol. The van der Waals surface area contributed by atoms with E-state index in [0.29, 0.717) is 5.69 Å². The number of benzene rings is 2. The number of aliphatic hydroxyl groups is 1. The second-order valence-electron chi connectivity index (χ2n) is 11.5. The standard InChI is InChI=1S/C31H33F3N6O6S/c1-16-25(14-45-17(2)41)46-31(30(43-3)28(16)40-12-23(36-38-40)19-9-20(32)27(34)21(33)10-19)47-26-15-44-13-24(29(26)42)39-11-22(35-37-39)18-7-5-4-6-8-18/h4-12,16,24-26,28-31,42H,13-15H2,1-3H3. The highest BCUT2D eigenvalue weighted by molar-refractivity contribution is 8.00. The van der Waals surface area contributed by atoms with Gasteiger partial charge in [0.1, 0.15) is 35.6 Å². The number of aliphatic hydroxyl groups excluding tert-OH is 1. The minimum absolute atomic E-state index is 0.000712. The minimum atomic E-state index is -1.58. The van der Waals surface area contributed by atoms with Crippen LogP contribution < -0.4 is 0 Å². The molecule has 2 aliphatic heterocycles. The molecule has 0 aliphatic carbocycles. The van der Waals surface area contributed by atoms with Gasteiger partial charge in [0.2, 0.25) is 0 Å². The summed E-state index contributed by atoms with van der Waals surface area (Å²) in [6.07, 6.45) is 1.04. The number of aromatic nitrogens is 6. The zero-order chi connectivity index (χ0) is 33.2. The molecule has 0 saturated carbocycles. The number of rotatable bonds is 9. The predicted octanol–water partition coefficient (Wildman–Crippen LogP) is 3.84. The Balaban J connectivity index is 1.25. The van der Waals surface area contributed by atoms with Gasteiger partial charge in [-0.05, 0) is 12.1 Å². The van der Waals surface area contributed by atoms with Crippen molar-refractivity contribution in [2.75, 3.05) is 26.9 Å². The fraction of sp³-hybridized carbons (Fsp3) is 0.452. The first-order valence-corrected chi connectivity index (χ1v) is 15.9. The van der Waals surface area contributed by atoms with E-state index in [4.69, 9.17) is 18.9 Å². The number of esters is 1. The van der Waals surface area contributed by atoms with Crippen LogP contribution in [0, 0.1) is 23.4 Å². The van der Waals surface area contributed by atoms with Crippen molar-refractivity contribution in [3.05, 3.63) is 72.3 Å². The Labute approximate surface area is 272 Å². The van der Waals surface area contributed by atoms with Gasteiger partial charge in [-0.2, -0.15) is 0 Å². The summed E-state index contributed by atoms with van der Waals surface area (Å²) in [5, 5.41) is 27.9. The maximum atomic E-state index is 14.0. The van der Waals surface area contributed by atoms with E-state index < -0.39 is 64.5 Å². The average Bonchev–Trinajstić information content (AvgIpc) is 3.75. The summed E-state index contributed by atoms with van der Waals surface area (Å²) in [6.45, 7) is 3.53. The molecular formula is C31H33F3N6O6S. The van der Waals surface area contributed by atoms with Gasteiger partial charge in [-0.25, -0.2) is 22.5 Å². The van der Waals surface area contributed by atoms with Crippen molar-refractivity contribution in [1.29, 1.82) is 0 Å². The number of carbonyl (C=O) groups is 1. The van der Waals surface area contributed by atoms with Crippen molar-refractivity contribution in [1.82, 2.24) is 30.0 Å². The van der Waals surface area contributed by atoms with Crippen LogP contribution in [0.1, 0.15) is 25.9 Å². The van der Waals surface area contributed by atoms with E-state index in [1.165, 1.54) is 36.7 Å². The van der Waals surface area contributed by atoms with E-state index in [9.17, 15) is 23.1 Å². The van der Waals surface area contributed by atoms with Gasteiger partial charge in [0.05, 0.1) is 49.1 Å². The molecule has 47 heavy (non-hydrogen) atoms. The molecule has 2 fully saturated rings. The number of thioether (sulfide) groups is 1. The number of hydrogen-bond donors (Lipinski definition) is 1. The molecule has 6 rings (SSSR count). The molecule has 8 unspecified atom stereocenters. The summed E-state index contributed by atoms with van der Waals surface area (Å²) in [7, 11) is 1.51. The second kappa shape index (κ2) is 14.1. The highest BCUT2D eigenvalue weighted by atomic mass is 32.2. The Morgan fingerprint density at radius 1 is 1.02 bits per heavy atom. The third-order valence-corrected chi connectivity index (χ3v) is 9.84. The van der Waals surface area contributed by atoms with Gasteiger partial charge >= 0.3 is 5.97 Å². The summed E-state index contributed by atoms with van der Waals surface area (Å²) in [5.41, 5.74) is 0.942. The molecule has 2 aromatic heterocycles. The molecule has 0 spiro atoms. The van der Waals surface area contributed by atoms with Crippen LogP contribution >= 0.6 is 11.8 Å². The van der Waals surface area contributed by atoms with Crippen LogP contribution in [0.3, 0.4) is 0 Å². The Kier molecular flexibility index (Phi) is 9.93. The maximum absolute atomic E-state index is 14.0. The molecule has 1 N–H and O–H groups in total. The highest BCUT2D eigenvalue weighted by Crippen LogP contribution is 2.43. The van der Waals surface area contributed by atoms with Gasteiger partial charge in [0.15, 0.2) is 17.5 Å².